The Kier molecular flexibility index (Phi) is 4.74. The Bertz CT molecular complexity index is 685. The molecule has 0 aliphatic rings. The minimum atomic E-state index is 0.0270. The predicted octanol–water partition coefficient (Wildman–Crippen LogP) is 2.51. The summed E-state index contributed by atoms with van der Waals surface area (Å²) in [5, 5.41) is 12.5. The molecule has 3 N–H and O–H groups in total. The molecule has 0 bridgehead atoms. The highest BCUT2D eigenvalue weighted by molar-refractivity contribution is 6.30. The van der Waals surface area contributed by atoms with Crippen LogP contribution in [0.5, 0.6) is 6.01 Å². The standard InChI is InChI=1S/C13H13ClN6O/c1-2-5-21-13-19-11(16)18-12(20-13)17-10-6-9(14)4-3-8(10)7-15/h3-4,6H,2,5H2,1H3,(H3,16,17,18,19,20). The molecule has 0 radical (unpaired) electrons. The van der Waals surface area contributed by atoms with Crippen LogP contribution in [0.15, 0.2) is 18.2 Å². The van der Waals surface area contributed by atoms with Crippen molar-refractivity contribution in [3.05, 3.63) is 28.8 Å². The molecule has 2 rings (SSSR count). The van der Waals surface area contributed by atoms with Crippen LogP contribution in [0.4, 0.5) is 17.6 Å². The number of nitrogens with one attached hydrogen (secondary N) is 1. The number of rotatable bonds is 5. The molecule has 1 aromatic carbocycles. The van der Waals surface area contributed by atoms with Gasteiger partial charge in [0.2, 0.25) is 11.9 Å². The number of nitrogens with zero attached hydrogens (tertiary/aromatic N) is 4. The van der Waals surface area contributed by atoms with Crippen molar-refractivity contribution in [2.24, 2.45) is 0 Å². The number of aromatic nitrogens is 3. The summed E-state index contributed by atoms with van der Waals surface area (Å²) in [4.78, 5) is 11.9. The van der Waals surface area contributed by atoms with Crippen LogP contribution in [0, 0.1) is 11.3 Å². The number of halogens is 1. The van der Waals surface area contributed by atoms with Gasteiger partial charge in [-0.2, -0.15) is 20.2 Å². The molecule has 0 saturated heterocycles. The average molecular weight is 305 g/mol. The number of anilines is 3. The summed E-state index contributed by atoms with van der Waals surface area (Å²) in [5.41, 5.74) is 6.51. The lowest BCUT2D eigenvalue weighted by Gasteiger charge is -2.09. The zero-order chi connectivity index (χ0) is 15.2. The average Bonchev–Trinajstić information content (AvgIpc) is 2.45. The maximum atomic E-state index is 9.08. The Hall–Kier alpha value is -2.59. The summed E-state index contributed by atoms with van der Waals surface area (Å²) in [6.07, 6.45) is 0.821. The highest BCUT2D eigenvalue weighted by Gasteiger charge is 2.09. The highest BCUT2D eigenvalue weighted by atomic mass is 35.5. The van der Waals surface area contributed by atoms with E-state index in [1.807, 2.05) is 6.92 Å². The van der Waals surface area contributed by atoms with Crippen molar-refractivity contribution in [1.82, 2.24) is 15.0 Å². The largest absolute Gasteiger partial charge is 0.463 e. The Morgan fingerprint density at radius 3 is 2.90 bits per heavy atom. The summed E-state index contributed by atoms with van der Waals surface area (Å²) in [6.45, 7) is 2.44. The van der Waals surface area contributed by atoms with E-state index in [9.17, 15) is 0 Å². The van der Waals surface area contributed by atoms with Gasteiger partial charge in [-0.05, 0) is 24.6 Å². The number of nitrogens with two attached hydrogens (primary N) is 1. The van der Waals surface area contributed by atoms with Crippen molar-refractivity contribution < 1.29 is 4.74 Å². The van der Waals surface area contributed by atoms with Gasteiger partial charge in [-0.25, -0.2) is 0 Å². The SMILES string of the molecule is CCCOc1nc(N)nc(Nc2cc(Cl)ccc2C#N)n1. The fourth-order valence-corrected chi connectivity index (χ4v) is 1.70. The van der Waals surface area contributed by atoms with Crippen LogP contribution in [0.25, 0.3) is 0 Å². The van der Waals surface area contributed by atoms with Gasteiger partial charge in [0.15, 0.2) is 0 Å². The van der Waals surface area contributed by atoms with Gasteiger partial charge in [0.05, 0.1) is 17.9 Å². The third kappa shape index (κ3) is 3.94. The fraction of sp³-hybridized carbons (Fsp3) is 0.231. The van der Waals surface area contributed by atoms with E-state index in [1.165, 1.54) is 0 Å². The van der Waals surface area contributed by atoms with Crippen LogP contribution in [0.3, 0.4) is 0 Å². The number of ether oxygens (including phenoxy) is 1. The molecule has 7 nitrogen and oxygen atoms in total. The van der Waals surface area contributed by atoms with E-state index in [0.29, 0.717) is 22.9 Å². The van der Waals surface area contributed by atoms with Crippen molar-refractivity contribution in [3.63, 3.8) is 0 Å². The molecule has 0 spiro atoms. The molecule has 8 heteroatoms. The quantitative estimate of drug-likeness (QED) is 0.873. The van der Waals surface area contributed by atoms with E-state index in [0.717, 1.165) is 6.42 Å². The summed E-state index contributed by atoms with van der Waals surface area (Å²) in [7, 11) is 0. The van der Waals surface area contributed by atoms with E-state index in [1.54, 1.807) is 18.2 Å². The minimum absolute atomic E-state index is 0.0270. The summed E-state index contributed by atoms with van der Waals surface area (Å²) >= 11 is 5.92. The second kappa shape index (κ2) is 6.72. The van der Waals surface area contributed by atoms with Crippen LogP contribution in [-0.4, -0.2) is 21.6 Å². The van der Waals surface area contributed by atoms with Crippen molar-refractivity contribution in [2.75, 3.05) is 17.7 Å². The third-order valence-electron chi connectivity index (χ3n) is 2.42. The summed E-state index contributed by atoms with van der Waals surface area (Å²) < 4.78 is 5.32. The molecular weight excluding hydrogens is 292 g/mol. The first kappa shape index (κ1) is 14.8. The van der Waals surface area contributed by atoms with E-state index in [-0.39, 0.29) is 17.9 Å². The molecule has 1 heterocycles. The Labute approximate surface area is 126 Å². The molecule has 0 unspecified atom stereocenters. The van der Waals surface area contributed by atoms with Gasteiger partial charge in [0.1, 0.15) is 6.07 Å². The van der Waals surface area contributed by atoms with Crippen LogP contribution >= 0.6 is 11.6 Å². The van der Waals surface area contributed by atoms with Crippen LogP contribution in [0.1, 0.15) is 18.9 Å². The normalized spacial score (nSPS) is 9.95. The molecule has 0 amide bonds. The van der Waals surface area contributed by atoms with Crippen molar-refractivity contribution in [3.8, 4) is 12.1 Å². The van der Waals surface area contributed by atoms with Crippen LogP contribution in [-0.2, 0) is 0 Å². The minimum Gasteiger partial charge on any atom is -0.463 e. The molecule has 0 aliphatic carbocycles. The van der Waals surface area contributed by atoms with Crippen LogP contribution < -0.4 is 15.8 Å². The van der Waals surface area contributed by atoms with Gasteiger partial charge in [-0.15, -0.1) is 0 Å². The molecule has 1 aromatic heterocycles. The Morgan fingerprint density at radius 1 is 1.38 bits per heavy atom. The molecule has 2 aromatic rings. The monoisotopic (exact) mass is 304 g/mol. The molecule has 21 heavy (non-hydrogen) atoms. The smallest absolute Gasteiger partial charge is 0.323 e. The number of hydrogen-bond donors (Lipinski definition) is 2. The molecule has 0 saturated carbocycles. The van der Waals surface area contributed by atoms with Crippen molar-refractivity contribution in [1.29, 1.82) is 5.26 Å². The van der Waals surface area contributed by atoms with E-state index in [2.05, 4.69) is 26.3 Å². The molecular formula is C13H13ClN6O. The zero-order valence-electron chi connectivity index (χ0n) is 11.3. The van der Waals surface area contributed by atoms with E-state index in [4.69, 9.17) is 27.3 Å². The van der Waals surface area contributed by atoms with Crippen molar-refractivity contribution in [2.45, 2.75) is 13.3 Å². The predicted molar refractivity (Wildman–Crippen MR) is 79.5 cm³/mol. The molecule has 108 valence electrons. The van der Waals surface area contributed by atoms with Gasteiger partial charge in [-0.3, -0.25) is 0 Å². The Morgan fingerprint density at radius 2 is 2.19 bits per heavy atom. The fourth-order valence-electron chi connectivity index (χ4n) is 1.52. The maximum Gasteiger partial charge on any atom is 0.323 e. The topological polar surface area (TPSA) is 110 Å². The third-order valence-corrected chi connectivity index (χ3v) is 2.65. The van der Waals surface area contributed by atoms with Gasteiger partial charge in [-0.1, -0.05) is 18.5 Å². The first-order chi connectivity index (χ1) is 10.1. The van der Waals surface area contributed by atoms with Gasteiger partial charge >= 0.3 is 6.01 Å². The first-order valence-corrected chi connectivity index (χ1v) is 6.61. The van der Waals surface area contributed by atoms with Gasteiger partial charge in [0.25, 0.3) is 0 Å². The lowest BCUT2D eigenvalue weighted by molar-refractivity contribution is 0.292. The Balaban J connectivity index is 2.29. The molecule has 0 atom stereocenters. The number of benzene rings is 1. The second-order valence-electron chi connectivity index (χ2n) is 4.07. The van der Waals surface area contributed by atoms with E-state index < -0.39 is 0 Å². The number of hydrogen-bond acceptors (Lipinski definition) is 7. The lowest BCUT2D eigenvalue weighted by atomic mass is 10.2. The van der Waals surface area contributed by atoms with Crippen molar-refractivity contribution >= 4 is 29.2 Å². The van der Waals surface area contributed by atoms with Crippen LogP contribution in [0.2, 0.25) is 5.02 Å². The first-order valence-electron chi connectivity index (χ1n) is 6.23. The lowest BCUT2D eigenvalue weighted by Crippen LogP contribution is -2.08. The second-order valence-corrected chi connectivity index (χ2v) is 4.51. The maximum absolute atomic E-state index is 9.08. The highest BCUT2D eigenvalue weighted by Crippen LogP contribution is 2.23. The molecule has 0 aliphatic heterocycles. The zero-order valence-corrected chi connectivity index (χ0v) is 12.1. The number of nitriles is 1. The number of nitrogen functional groups attached to an aromatic ring is 1. The molecule has 0 fully saturated rings. The van der Waals surface area contributed by atoms with E-state index >= 15 is 0 Å². The van der Waals surface area contributed by atoms with Gasteiger partial charge in [0, 0.05) is 5.02 Å². The summed E-state index contributed by atoms with van der Waals surface area (Å²) in [6, 6.07) is 7.02. The van der Waals surface area contributed by atoms with Gasteiger partial charge < -0.3 is 15.8 Å². The summed E-state index contributed by atoms with van der Waals surface area (Å²) in [5.74, 6) is 0.214.